The van der Waals surface area contributed by atoms with Crippen LogP contribution in [0.5, 0.6) is 5.88 Å². The molecule has 100 valence electrons. The van der Waals surface area contributed by atoms with Gasteiger partial charge in [0.05, 0.1) is 0 Å². The van der Waals surface area contributed by atoms with Crippen molar-refractivity contribution in [2.75, 3.05) is 6.61 Å². The number of hydrogen-bond acceptors (Lipinski definition) is 5. The number of nitrogens with one attached hydrogen (secondary N) is 1. The first-order valence-electron chi connectivity index (χ1n) is 5.48. The Morgan fingerprint density at radius 3 is 2.67 bits per heavy atom. The summed E-state index contributed by atoms with van der Waals surface area (Å²) in [6.07, 6.45) is 0. The second-order valence-electron chi connectivity index (χ2n) is 4.19. The molecule has 2 N–H and O–H groups in total. The molecule has 1 atom stereocenters. The summed E-state index contributed by atoms with van der Waals surface area (Å²) in [6, 6.07) is 0.602. The smallest absolute Gasteiger partial charge is 0.326 e. The van der Waals surface area contributed by atoms with E-state index in [1.165, 1.54) is 6.07 Å². The van der Waals surface area contributed by atoms with Gasteiger partial charge < -0.3 is 19.7 Å². The van der Waals surface area contributed by atoms with E-state index in [0.29, 0.717) is 5.76 Å². The molecule has 1 rings (SSSR count). The zero-order valence-electron chi connectivity index (χ0n) is 10.5. The highest BCUT2D eigenvalue weighted by atomic mass is 16.5. The number of hydrogen-bond donors (Lipinski definition) is 2. The molecule has 0 spiro atoms. The van der Waals surface area contributed by atoms with Crippen molar-refractivity contribution in [3.8, 4) is 5.88 Å². The number of aryl methyl sites for hydroxylation is 1. The van der Waals surface area contributed by atoms with Crippen LogP contribution in [0.3, 0.4) is 0 Å². The minimum Gasteiger partial charge on any atom is -0.480 e. The van der Waals surface area contributed by atoms with Crippen LogP contribution in [0, 0.1) is 12.8 Å². The van der Waals surface area contributed by atoms with Gasteiger partial charge in [-0.2, -0.15) is 0 Å². The van der Waals surface area contributed by atoms with E-state index in [2.05, 4.69) is 10.5 Å². The van der Waals surface area contributed by atoms with Crippen molar-refractivity contribution in [2.24, 2.45) is 5.92 Å². The van der Waals surface area contributed by atoms with Crippen molar-refractivity contribution < 1.29 is 24.0 Å². The van der Waals surface area contributed by atoms with Crippen LogP contribution in [-0.4, -0.2) is 34.8 Å². The normalized spacial score (nSPS) is 12.2. The predicted molar refractivity (Wildman–Crippen MR) is 61.1 cm³/mol. The fourth-order valence-electron chi connectivity index (χ4n) is 1.28. The lowest BCUT2D eigenvalue weighted by atomic mass is 10.1. The Bertz CT molecular complexity index is 427. The average molecular weight is 256 g/mol. The number of amides is 1. The van der Waals surface area contributed by atoms with Crippen LogP contribution in [0.15, 0.2) is 10.6 Å². The molecule has 0 radical (unpaired) electrons. The van der Waals surface area contributed by atoms with Crippen LogP contribution < -0.4 is 10.1 Å². The van der Waals surface area contributed by atoms with E-state index in [1.54, 1.807) is 20.8 Å². The van der Waals surface area contributed by atoms with Gasteiger partial charge in [0.2, 0.25) is 0 Å². The van der Waals surface area contributed by atoms with E-state index in [9.17, 15) is 9.59 Å². The van der Waals surface area contributed by atoms with Gasteiger partial charge in [-0.25, -0.2) is 4.79 Å². The monoisotopic (exact) mass is 256 g/mol. The van der Waals surface area contributed by atoms with Gasteiger partial charge in [0.1, 0.15) is 11.8 Å². The quantitative estimate of drug-likeness (QED) is 0.772. The minimum absolute atomic E-state index is 0.194. The molecule has 1 amide bonds. The number of aliphatic carboxylic acids is 1. The van der Waals surface area contributed by atoms with E-state index in [4.69, 9.17) is 14.4 Å². The molecule has 1 unspecified atom stereocenters. The number of carboxylic acid groups (broad SMARTS) is 1. The topological polar surface area (TPSA) is 102 Å². The lowest BCUT2D eigenvalue weighted by Crippen LogP contribution is -2.46. The largest absolute Gasteiger partial charge is 0.480 e. The van der Waals surface area contributed by atoms with Crippen molar-refractivity contribution in [1.29, 1.82) is 0 Å². The number of nitrogens with zero attached hydrogens (tertiary/aromatic N) is 1. The standard InChI is InChI=1S/C11H16N2O5/c1-6(2)10(11(15)16)12-8(14)5-17-9-4-7(3)18-13-9/h4,6,10H,5H2,1-3H3,(H,12,14)(H,15,16). The highest BCUT2D eigenvalue weighted by molar-refractivity contribution is 5.84. The van der Waals surface area contributed by atoms with E-state index >= 15 is 0 Å². The van der Waals surface area contributed by atoms with Gasteiger partial charge in [0.25, 0.3) is 11.8 Å². The van der Waals surface area contributed by atoms with Crippen LogP contribution in [-0.2, 0) is 9.59 Å². The molecule has 1 heterocycles. The summed E-state index contributed by atoms with van der Waals surface area (Å²) >= 11 is 0. The molecule has 1 aromatic heterocycles. The zero-order valence-corrected chi connectivity index (χ0v) is 10.5. The number of carboxylic acids is 1. The summed E-state index contributed by atoms with van der Waals surface area (Å²) in [7, 11) is 0. The third-order valence-corrected chi connectivity index (χ3v) is 2.21. The van der Waals surface area contributed by atoms with E-state index in [0.717, 1.165) is 0 Å². The first-order chi connectivity index (χ1) is 8.40. The predicted octanol–water partition coefficient (Wildman–Crippen LogP) is 0.587. The van der Waals surface area contributed by atoms with Gasteiger partial charge in [-0.15, -0.1) is 0 Å². The molecule has 0 aromatic carbocycles. The van der Waals surface area contributed by atoms with Crippen LogP contribution in [0.25, 0.3) is 0 Å². The molecular formula is C11H16N2O5. The molecule has 7 heteroatoms. The van der Waals surface area contributed by atoms with E-state index < -0.39 is 17.9 Å². The fourth-order valence-corrected chi connectivity index (χ4v) is 1.28. The van der Waals surface area contributed by atoms with Crippen molar-refractivity contribution in [1.82, 2.24) is 10.5 Å². The molecule has 0 bridgehead atoms. The first-order valence-corrected chi connectivity index (χ1v) is 5.48. The third-order valence-electron chi connectivity index (χ3n) is 2.21. The number of ether oxygens (including phenoxy) is 1. The molecule has 0 saturated heterocycles. The van der Waals surface area contributed by atoms with Gasteiger partial charge >= 0.3 is 5.97 Å². The number of carbonyl (C=O) groups excluding carboxylic acids is 1. The van der Waals surface area contributed by atoms with Crippen LogP contribution in [0.4, 0.5) is 0 Å². The summed E-state index contributed by atoms with van der Waals surface area (Å²) in [5.74, 6) is -1.04. The summed E-state index contributed by atoms with van der Waals surface area (Å²) in [5, 5.41) is 14.8. The zero-order chi connectivity index (χ0) is 13.7. The van der Waals surface area contributed by atoms with Crippen molar-refractivity contribution in [3.63, 3.8) is 0 Å². The van der Waals surface area contributed by atoms with E-state index in [-0.39, 0.29) is 18.4 Å². The lowest BCUT2D eigenvalue weighted by molar-refractivity contribution is -0.143. The summed E-state index contributed by atoms with van der Waals surface area (Å²) in [4.78, 5) is 22.4. The number of carbonyl (C=O) groups is 2. The van der Waals surface area contributed by atoms with Crippen molar-refractivity contribution >= 4 is 11.9 Å². The number of aromatic nitrogens is 1. The van der Waals surface area contributed by atoms with Crippen LogP contribution in [0.1, 0.15) is 19.6 Å². The maximum absolute atomic E-state index is 11.5. The Labute approximate surface area is 104 Å². The summed E-state index contributed by atoms with van der Waals surface area (Å²) in [6.45, 7) is 4.81. The Balaban J connectivity index is 2.43. The lowest BCUT2D eigenvalue weighted by Gasteiger charge is -2.17. The van der Waals surface area contributed by atoms with Gasteiger partial charge in [0.15, 0.2) is 6.61 Å². The molecule has 1 aromatic rings. The highest BCUT2D eigenvalue weighted by Crippen LogP contribution is 2.09. The first kappa shape index (κ1) is 14.0. The molecule has 0 aliphatic carbocycles. The molecule has 7 nitrogen and oxygen atoms in total. The molecular weight excluding hydrogens is 240 g/mol. The van der Waals surface area contributed by atoms with E-state index in [1.807, 2.05) is 0 Å². The molecule has 0 aliphatic rings. The second-order valence-corrected chi connectivity index (χ2v) is 4.19. The summed E-state index contributed by atoms with van der Waals surface area (Å²) in [5.41, 5.74) is 0. The molecule has 0 aliphatic heterocycles. The minimum atomic E-state index is -1.07. The number of rotatable bonds is 6. The van der Waals surface area contributed by atoms with Gasteiger partial charge in [0, 0.05) is 6.07 Å². The SMILES string of the molecule is Cc1cc(OCC(=O)NC(C(=O)O)C(C)C)no1. The van der Waals surface area contributed by atoms with Gasteiger partial charge in [-0.3, -0.25) is 4.79 Å². The Hall–Kier alpha value is -2.05. The molecule has 18 heavy (non-hydrogen) atoms. The van der Waals surface area contributed by atoms with Crippen molar-refractivity contribution in [3.05, 3.63) is 11.8 Å². The third kappa shape index (κ3) is 4.08. The van der Waals surface area contributed by atoms with Crippen LogP contribution in [0.2, 0.25) is 0 Å². The Morgan fingerprint density at radius 1 is 1.56 bits per heavy atom. The van der Waals surface area contributed by atoms with Gasteiger partial charge in [-0.05, 0) is 18.0 Å². The second kappa shape index (κ2) is 6.04. The summed E-state index contributed by atoms with van der Waals surface area (Å²) < 4.78 is 9.79. The molecule has 0 fully saturated rings. The molecule has 0 saturated carbocycles. The Morgan fingerprint density at radius 2 is 2.22 bits per heavy atom. The fraction of sp³-hybridized carbons (Fsp3) is 0.545. The maximum Gasteiger partial charge on any atom is 0.326 e. The Kier molecular flexibility index (Phi) is 4.70. The highest BCUT2D eigenvalue weighted by Gasteiger charge is 2.23. The maximum atomic E-state index is 11.5. The average Bonchev–Trinajstić information content (AvgIpc) is 2.68. The van der Waals surface area contributed by atoms with Crippen LogP contribution >= 0.6 is 0 Å². The van der Waals surface area contributed by atoms with Crippen molar-refractivity contribution in [2.45, 2.75) is 26.8 Å². The van der Waals surface area contributed by atoms with Gasteiger partial charge in [-0.1, -0.05) is 13.8 Å².